The van der Waals surface area contributed by atoms with Crippen LogP contribution in [0.2, 0.25) is 0 Å². The number of halogens is 3. The molecule has 3 heteroatoms. The lowest BCUT2D eigenvalue weighted by molar-refractivity contribution is -0.0686. The number of rotatable bonds is 4. The molecule has 0 radical (unpaired) electrons. The van der Waals surface area contributed by atoms with Gasteiger partial charge in [0.25, 0.3) is 0 Å². The van der Waals surface area contributed by atoms with Gasteiger partial charge >= 0.3 is 6.18 Å². The molecule has 0 atom stereocenters. The summed E-state index contributed by atoms with van der Waals surface area (Å²) in [4.78, 5) is 0. The minimum absolute atomic E-state index is 0.108. The second kappa shape index (κ2) is 7.53. The first kappa shape index (κ1) is 18.5. The van der Waals surface area contributed by atoms with Crippen molar-refractivity contribution >= 4 is 5.57 Å². The third-order valence-electron chi connectivity index (χ3n) is 5.40. The van der Waals surface area contributed by atoms with Gasteiger partial charge in [-0.25, -0.2) is 0 Å². The molecule has 0 heterocycles. The SMILES string of the molecule is C=CC1CCC(c2ccc(-c3ccc(C(=C)C(F)(F)F)cc3)cc2)CC1. The van der Waals surface area contributed by atoms with E-state index in [1.54, 1.807) is 12.1 Å². The Hall–Kier alpha value is -2.29. The highest BCUT2D eigenvalue weighted by Crippen LogP contribution is 2.37. The lowest BCUT2D eigenvalue weighted by Gasteiger charge is -2.27. The van der Waals surface area contributed by atoms with Crippen molar-refractivity contribution in [1.82, 2.24) is 0 Å². The summed E-state index contributed by atoms with van der Waals surface area (Å²) in [5.41, 5.74) is 2.56. The zero-order valence-electron chi connectivity index (χ0n) is 14.7. The van der Waals surface area contributed by atoms with Gasteiger partial charge in [0.15, 0.2) is 0 Å². The highest BCUT2D eigenvalue weighted by molar-refractivity contribution is 5.71. The van der Waals surface area contributed by atoms with Crippen LogP contribution in [0, 0.1) is 5.92 Å². The molecule has 0 unspecified atom stereocenters. The van der Waals surface area contributed by atoms with Crippen molar-refractivity contribution in [2.75, 3.05) is 0 Å². The third-order valence-corrected chi connectivity index (χ3v) is 5.40. The molecular weight excluding hydrogens is 333 g/mol. The normalized spacial score (nSPS) is 20.6. The van der Waals surface area contributed by atoms with E-state index in [1.807, 2.05) is 0 Å². The van der Waals surface area contributed by atoms with Gasteiger partial charge in [0.2, 0.25) is 0 Å². The zero-order chi connectivity index (χ0) is 18.7. The molecule has 0 spiro atoms. The summed E-state index contributed by atoms with van der Waals surface area (Å²) >= 11 is 0. The molecule has 0 saturated heterocycles. The van der Waals surface area contributed by atoms with E-state index in [9.17, 15) is 13.2 Å². The first-order valence-electron chi connectivity index (χ1n) is 8.98. The van der Waals surface area contributed by atoms with E-state index >= 15 is 0 Å². The van der Waals surface area contributed by atoms with Crippen molar-refractivity contribution in [2.45, 2.75) is 37.8 Å². The van der Waals surface area contributed by atoms with E-state index < -0.39 is 11.7 Å². The standard InChI is InChI=1S/C23H23F3/c1-3-17-4-6-19(7-5-17)21-12-14-22(15-13-21)20-10-8-18(9-11-20)16(2)23(24,25)26/h3,8-15,17,19H,1-2,4-7H2. The van der Waals surface area contributed by atoms with Crippen LogP contribution < -0.4 is 0 Å². The average molecular weight is 356 g/mol. The van der Waals surface area contributed by atoms with Crippen LogP contribution in [0.3, 0.4) is 0 Å². The second-order valence-electron chi connectivity index (χ2n) is 7.02. The molecule has 3 rings (SSSR count). The summed E-state index contributed by atoms with van der Waals surface area (Å²) in [5.74, 6) is 1.24. The van der Waals surface area contributed by atoms with Gasteiger partial charge < -0.3 is 0 Å². The molecule has 0 aromatic heterocycles. The van der Waals surface area contributed by atoms with Crippen LogP contribution in [0.4, 0.5) is 13.2 Å². The molecule has 26 heavy (non-hydrogen) atoms. The van der Waals surface area contributed by atoms with Crippen molar-refractivity contribution in [3.63, 3.8) is 0 Å². The van der Waals surface area contributed by atoms with E-state index in [-0.39, 0.29) is 5.56 Å². The Morgan fingerprint density at radius 3 is 1.81 bits per heavy atom. The fourth-order valence-electron chi connectivity index (χ4n) is 3.66. The van der Waals surface area contributed by atoms with Gasteiger partial charge in [0.05, 0.1) is 5.57 Å². The summed E-state index contributed by atoms with van der Waals surface area (Å²) in [5, 5.41) is 0. The molecule has 1 fully saturated rings. The molecule has 0 bridgehead atoms. The minimum Gasteiger partial charge on any atom is -0.166 e. The molecule has 1 aliphatic carbocycles. The van der Waals surface area contributed by atoms with Crippen LogP contribution in [0.5, 0.6) is 0 Å². The third kappa shape index (κ3) is 4.09. The van der Waals surface area contributed by atoms with Crippen molar-refractivity contribution in [2.24, 2.45) is 5.92 Å². The van der Waals surface area contributed by atoms with Gasteiger partial charge in [-0.1, -0.05) is 61.2 Å². The molecule has 136 valence electrons. The highest BCUT2D eigenvalue weighted by Gasteiger charge is 2.32. The van der Waals surface area contributed by atoms with E-state index in [2.05, 4.69) is 43.5 Å². The highest BCUT2D eigenvalue weighted by atomic mass is 19.4. The lowest BCUT2D eigenvalue weighted by atomic mass is 9.78. The Labute approximate surface area is 153 Å². The van der Waals surface area contributed by atoms with Crippen LogP contribution in [-0.4, -0.2) is 6.18 Å². The smallest absolute Gasteiger partial charge is 0.166 e. The lowest BCUT2D eigenvalue weighted by Crippen LogP contribution is -2.11. The molecule has 2 aromatic carbocycles. The average Bonchev–Trinajstić information content (AvgIpc) is 2.67. The first-order valence-corrected chi connectivity index (χ1v) is 8.98. The largest absolute Gasteiger partial charge is 0.416 e. The van der Waals surface area contributed by atoms with Crippen LogP contribution in [0.15, 0.2) is 67.8 Å². The summed E-state index contributed by atoms with van der Waals surface area (Å²) in [6.45, 7) is 7.03. The molecule has 2 aromatic rings. The van der Waals surface area contributed by atoms with Crippen LogP contribution >= 0.6 is 0 Å². The van der Waals surface area contributed by atoms with Gasteiger partial charge in [-0.15, -0.1) is 6.58 Å². The van der Waals surface area contributed by atoms with Crippen LogP contribution in [0.1, 0.15) is 42.7 Å². The molecular formula is C23H23F3. The Morgan fingerprint density at radius 2 is 1.35 bits per heavy atom. The molecule has 1 saturated carbocycles. The van der Waals surface area contributed by atoms with Crippen molar-refractivity contribution < 1.29 is 13.2 Å². The molecule has 0 aliphatic heterocycles. The fraction of sp³-hybridized carbons (Fsp3) is 0.304. The van der Waals surface area contributed by atoms with E-state index in [4.69, 9.17) is 0 Å². The van der Waals surface area contributed by atoms with E-state index in [0.717, 1.165) is 11.1 Å². The predicted molar refractivity (Wildman–Crippen MR) is 102 cm³/mol. The minimum atomic E-state index is -4.40. The topological polar surface area (TPSA) is 0 Å². The number of hydrogen-bond donors (Lipinski definition) is 0. The maximum Gasteiger partial charge on any atom is 0.416 e. The Bertz CT molecular complexity index is 759. The van der Waals surface area contributed by atoms with Gasteiger partial charge in [-0.2, -0.15) is 13.2 Å². The zero-order valence-corrected chi connectivity index (χ0v) is 14.7. The molecule has 0 amide bonds. The maximum absolute atomic E-state index is 12.7. The molecule has 0 nitrogen and oxygen atoms in total. The summed E-state index contributed by atoms with van der Waals surface area (Å²) in [6.07, 6.45) is 2.43. The summed E-state index contributed by atoms with van der Waals surface area (Å²) in [7, 11) is 0. The number of alkyl halides is 3. The number of benzene rings is 2. The fourth-order valence-corrected chi connectivity index (χ4v) is 3.66. The van der Waals surface area contributed by atoms with Gasteiger partial charge in [0.1, 0.15) is 0 Å². The Balaban J connectivity index is 1.71. The molecule has 1 aliphatic rings. The Kier molecular flexibility index (Phi) is 5.36. The summed E-state index contributed by atoms with van der Waals surface area (Å²) in [6, 6.07) is 14.8. The van der Waals surface area contributed by atoms with Crippen molar-refractivity contribution in [3.8, 4) is 11.1 Å². The summed E-state index contributed by atoms with van der Waals surface area (Å²) < 4.78 is 38.2. The van der Waals surface area contributed by atoms with Crippen molar-refractivity contribution in [3.05, 3.63) is 78.9 Å². The van der Waals surface area contributed by atoms with Gasteiger partial charge in [-0.05, 0) is 59.8 Å². The van der Waals surface area contributed by atoms with Crippen LogP contribution in [-0.2, 0) is 0 Å². The number of hydrogen-bond acceptors (Lipinski definition) is 0. The number of allylic oxidation sites excluding steroid dienone is 2. The quantitative estimate of drug-likeness (QED) is 0.501. The monoisotopic (exact) mass is 356 g/mol. The Morgan fingerprint density at radius 1 is 0.846 bits per heavy atom. The van der Waals surface area contributed by atoms with Gasteiger partial charge in [0, 0.05) is 0 Å². The van der Waals surface area contributed by atoms with Crippen LogP contribution in [0.25, 0.3) is 16.7 Å². The molecule has 0 N–H and O–H groups in total. The van der Waals surface area contributed by atoms with Crippen molar-refractivity contribution in [1.29, 1.82) is 0 Å². The second-order valence-corrected chi connectivity index (χ2v) is 7.02. The van der Waals surface area contributed by atoms with E-state index in [0.29, 0.717) is 11.8 Å². The van der Waals surface area contributed by atoms with E-state index in [1.165, 1.54) is 43.4 Å². The first-order chi connectivity index (χ1) is 12.4. The maximum atomic E-state index is 12.7. The predicted octanol–water partition coefficient (Wildman–Crippen LogP) is 7.39. The van der Waals surface area contributed by atoms with Gasteiger partial charge in [-0.3, -0.25) is 0 Å².